The van der Waals surface area contributed by atoms with Crippen LogP contribution in [-0.2, 0) is 16.6 Å². The Labute approximate surface area is 178 Å². The van der Waals surface area contributed by atoms with E-state index >= 15 is 0 Å². The molecule has 2 aromatic carbocycles. The molecule has 156 valence electrons. The first-order chi connectivity index (χ1) is 14.5. The van der Waals surface area contributed by atoms with Crippen LogP contribution >= 0.6 is 0 Å². The fourth-order valence-electron chi connectivity index (χ4n) is 3.72. The van der Waals surface area contributed by atoms with Crippen LogP contribution in [0.1, 0.15) is 11.1 Å². The highest BCUT2D eigenvalue weighted by Gasteiger charge is 2.18. The zero-order chi connectivity index (χ0) is 21.0. The van der Waals surface area contributed by atoms with Gasteiger partial charge in [0.2, 0.25) is 10.0 Å². The molecule has 1 N–H and O–H groups in total. The van der Waals surface area contributed by atoms with Gasteiger partial charge in [0.25, 0.3) is 0 Å². The van der Waals surface area contributed by atoms with Crippen LogP contribution in [-0.4, -0.2) is 39.6 Å². The molecule has 0 saturated carbocycles. The molecule has 1 aliphatic heterocycles. The van der Waals surface area contributed by atoms with Crippen molar-refractivity contribution in [3.63, 3.8) is 0 Å². The average molecular weight is 423 g/mol. The van der Waals surface area contributed by atoms with Gasteiger partial charge in [-0.1, -0.05) is 30.3 Å². The summed E-state index contributed by atoms with van der Waals surface area (Å²) in [6, 6.07) is 19.2. The molecule has 1 saturated heterocycles. The van der Waals surface area contributed by atoms with Crippen LogP contribution in [0.5, 0.6) is 0 Å². The number of hydrogen-bond donors (Lipinski definition) is 1. The van der Waals surface area contributed by atoms with Gasteiger partial charge in [0.1, 0.15) is 0 Å². The molecule has 1 aromatic heterocycles. The number of piperazine rings is 1. The SMILES string of the molecule is Cc1ccccc1S(=O)(=O)NCc1ccc(N2CCN(c3ccncc3)CC2)cc1. The number of aromatic nitrogens is 1. The minimum absolute atomic E-state index is 0.271. The van der Waals surface area contributed by atoms with Gasteiger partial charge in [-0.2, -0.15) is 0 Å². The lowest BCUT2D eigenvalue weighted by Crippen LogP contribution is -2.46. The number of anilines is 2. The molecule has 7 heteroatoms. The molecule has 0 bridgehead atoms. The molecule has 3 aromatic rings. The number of nitrogens with zero attached hydrogens (tertiary/aromatic N) is 3. The van der Waals surface area contributed by atoms with E-state index in [4.69, 9.17) is 0 Å². The minimum Gasteiger partial charge on any atom is -0.368 e. The summed E-state index contributed by atoms with van der Waals surface area (Å²) < 4.78 is 27.8. The van der Waals surface area contributed by atoms with E-state index in [1.807, 2.05) is 42.7 Å². The second-order valence-corrected chi connectivity index (χ2v) is 9.17. The van der Waals surface area contributed by atoms with Crippen molar-refractivity contribution in [3.8, 4) is 0 Å². The standard InChI is InChI=1S/C23H26N4O2S/c1-19-4-2-3-5-23(19)30(28,29)25-18-20-6-8-21(9-7-20)26-14-16-27(17-15-26)22-10-12-24-13-11-22/h2-13,25H,14-18H2,1H3. The Morgan fingerprint density at radius 2 is 1.40 bits per heavy atom. The van der Waals surface area contributed by atoms with E-state index in [1.54, 1.807) is 25.1 Å². The Balaban J connectivity index is 1.34. The lowest BCUT2D eigenvalue weighted by Gasteiger charge is -2.37. The van der Waals surface area contributed by atoms with Crippen LogP contribution in [0, 0.1) is 6.92 Å². The molecule has 0 atom stereocenters. The molecule has 6 nitrogen and oxygen atoms in total. The van der Waals surface area contributed by atoms with Gasteiger partial charge in [-0.15, -0.1) is 0 Å². The van der Waals surface area contributed by atoms with Gasteiger partial charge in [-0.3, -0.25) is 4.98 Å². The number of rotatable bonds is 6. The molecule has 4 rings (SSSR count). The van der Waals surface area contributed by atoms with Crippen molar-refractivity contribution in [3.05, 3.63) is 84.2 Å². The Bertz CT molecular complexity index is 1080. The summed E-state index contributed by atoms with van der Waals surface area (Å²) in [5, 5.41) is 0. The van der Waals surface area contributed by atoms with E-state index < -0.39 is 10.0 Å². The summed E-state index contributed by atoms with van der Waals surface area (Å²) in [5.74, 6) is 0. The minimum atomic E-state index is -3.52. The Morgan fingerprint density at radius 1 is 0.833 bits per heavy atom. The van der Waals surface area contributed by atoms with Crippen molar-refractivity contribution < 1.29 is 8.42 Å². The maximum atomic E-state index is 12.6. The number of benzene rings is 2. The van der Waals surface area contributed by atoms with E-state index in [1.165, 1.54) is 5.69 Å². The van der Waals surface area contributed by atoms with E-state index in [2.05, 4.69) is 31.6 Å². The number of aryl methyl sites for hydroxylation is 1. The molecule has 2 heterocycles. The fourth-order valence-corrected chi connectivity index (χ4v) is 4.98. The molecular weight excluding hydrogens is 396 g/mol. The molecule has 0 amide bonds. The van der Waals surface area contributed by atoms with Crippen LogP contribution in [0.4, 0.5) is 11.4 Å². The smallest absolute Gasteiger partial charge is 0.241 e. The predicted molar refractivity (Wildman–Crippen MR) is 120 cm³/mol. The second-order valence-electron chi connectivity index (χ2n) is 7.44. The van der Waals surface area contributed by atoms with Crippen LogP contribution in [0.3, 0.4) is 0 Å². The van der Waals surface area contributed by atoms with Crippen molar-refractivity contribution in [2.75, 3.05) is 36.0 Å². The third-order valence-corrected chi connectivity index (χ3v) is 7.02. The second kappa shape index (κ2) is 8.85. The molecule has 1 aliphatic rings. The van der Waals surface area contributed by atoms with Gasteiger partial charge in [-0.25, -0.2) is 13.1 Å². The summed E-state index contributed by atoms with van der Waals surface area (Å²) in [4.78, 5) is 9.14. The first kappa shape index (κ1) is 20.4. The predicted octanol–water partition coefficient (Wildman–Crippen LogP) is 3.20. The molecule has 1 fully saturated rings. The van der Waals surface area contributed by atoms with Gasteiger partial charge < -0.3 is 9.80 Å². The van der Waals surface area contributed by atoms with Crippen LogP contribution in [0.2, 0.25) is 0 Å². The zero-order valence-electron chi connectivity index (χ0n) is 17.0. The number of sulfonamides is 1. The average Bonchev–Trinajstić information content (AvgIpc) is 2.79. The maximum absolute atomic E-state index is 12.6. The Morgan fingerprint density at radius 3 is 2.00 bits per heavy atom. The van der Waals surface area contributed by atoms with Crippen molar-refractivity contribution in [1.29, 1.82) is 0 Å². The lowest BCUT2D eigenvalue weighted by atomic mass is 10.1. The summed E-state index contributed by atoms with van der Waals surface area (Å²) in [6.07, 6.45) is 3.65. The molecular formula is C23H26N4O2S. The van der Waals surface area contributed by atoms with Crippen molar-refractivity contribution in [2.24, 2.45) is 0 Å². The van der Waals surface area contributed by atoms with E-state index in [-0.39, 0.29) is 6.54 Å². The summed E-state index contributed by atoms with van der Waals surface area (Å²) in [7, 11) is -3.52. The molecule has 0 unspecified atom stereocenters. The Hall–Kier alpha value is -2.90. The summed E-state index contributed by atoms with van der Waals surface area (Å²) in [5.41, 5.74) is 4.05. The van der Waals surface area contributed by atoms with Gasteiger partial charge >= 0.3 is 0 Å². The van der Waals surface area contributed by atoms with Gasteiger partial charge in [0.05, 0.1) is 4.90 Å². The van der Waals surface area contributed by atoms with Gasteiger partial charge in [0, 0.05) is 56.5 Å². The van der Waals surface area contributed by atoms with Crippen molar-refractivity contribution >= 4 is 21.4 Å². The number of pyridine rings is 1. The molecule has 0 spiro atoms. The number of hydrogen-bond acceptors (Lipinski definition) is 5. The highest BCUT2D eigenvalue weighted by molar-refractivity contribution is 7.89. The van der Waals surface area contributed by atoms with E-state index in [9.17, 15) is 8.42 Å². The van der Waals surface area contributed by atoms with E-state index in [0.717, 1.165) is 43.0 Å². The van der Waals surface area contributed by atoms with Gasteiger partial charge in [0.15, 0.2) is 0 Å². The number of nitrogens with one attached hydrogen (secondary N) is 1. The van der Waals surface area contributed by atoms with Crippen LogP contribution < -0.4 is 14.5 Å². The molecule has 0 radical (unpaired) electrons. The van der Waals surface area contributed by atoms with Crippen molar-refractivity contribution in [2.45, 2.75) is 18.4 Å². The lowest BCUT2D eigenvalue weighted by molar-refractivity contribution is 0.580. The van der Waals surface area contributed by atoms with Crippen LogP contribution in [0.15, 0.2) is 78.0 Å². The fraction of sp³-hybridized carbons (Fsp3) is 0.261. The quantitative estimate of drug-likeness (QED) is 0.661. The normalized spacial score (nSPS) is 14.7. The Kier molecular flexibility index (Phi) is 6.01. The zero-order valence-corrected chi connectivity index (χ0v) is 17.8. The van der Waals surface area contributed by atoms with Gasteiger partial charge in [-0.05, 0) is 48.4 Å². The highest BCUT2D eigenvalue weighted by atomic mass is 32.2. The van der Waals surface area contributed by atoms with Crippen molar-refractivity contribution in [1.82, 2.24) is 9.71 Å². The highest BCUT2D eigenvalue weighted by Crippen LogP contribution is 2.21. The first-order valence-electron chi connectivity index (χ1n) is 10.1. The summed E-state index contributed by atoms with van der Waals surface area (Å²) >= 11 is 0. The third kappa shape index (κ3) is 4.63. The molecule has 30 heavy (non-hydrogen) atoms. The first-order valence-corrected chi connectivity index (χ1v) is 11.6. The van der Waals surface area contributed by atoms with E-state index in [0.29, 0.717) is 4.90 Å². The topological polar surface area (TPSA) is 65.5 Å². The third-order valence-electron chi connectivity index (χ3n) is 5.46. The monoisotopic (exact) mass is 422 g/mol. The maximum Gasteiger partial charge on any atom is 0.241 e. The molecule has 0 aliphatic carbocycles. The van der Waals surface area contributed by atoms with Crippen LogP contribution in [0.25, 0.3) is 0 Å². The largest absolute Gasteiger partial charge is 0.368 e. The summed E-state index contributed by atoms with van der Waals surface area (Å²) in [6.45, 7) is 5.89.